The van der Waals surface area contributed by atoms with E-state index in [1.807, 2.05) is 58.5 Å². The standard InChI is InChI=1S/C23H31F3N4O/c1-21(2,3)28-20(31)18-13-16(17-10-11-30(29-17)22(4,5)6)19(27-18)14-8-7-9-15(12-14)23(24,25)26/h7-12,16,18-19,27H,13H2,1-6H3,(H,28,31)/t16-,18-,19-/m0/s1. The van der Waals surface area contributed by atoms with Crippen molar-refractivity contribution in [2.24, 2.45) is 0 Å². The molecule has 1 aliphatic heterocycles. The molecule has 1 saturated heterocycles. The molecule has 0 radical (unpaired) electrons. The van der Waals surface area contributed by atoms with E-state index in [0.717, 1.165) is 17.8 Å². The largest absolute Gasteiger partial charge is 0.416 e. The topological polar surface area (TPSA) is 59.0 Å². The third-order valence-corrected chi connectivity index (χ3v) is 5.34. The number of halogens is 3. The molecule has 3 atom stereocenters. The maximum atomic E-state index is 13.3. The first kappa shape index (κ1) is 23.3. The third kappa shape index (κ3) is 5.47. The van der Waals surface area contributed by atoms with Crippen molar-refractivity contribution < 1.29 is 18.0 Å². The van der Waals surface area contributed by atoms with Gasteiger partial charge < -0.3 is 5.32 Å². The molecule has 2 aromatic rings. The highest BCUT2D eigenvalue weighted by molar-refractivity contribution is 5.83. The average Bonchev–Trinajstić information content (AvgIpc) is 3.26. The lowest BCUT2D eigenvalue weighted by molar-refractivity contribution is -0.137. The van der Waals surface area contributed by atoms with Gasteiger partial charge in [0.1, 0.15) is 0 Å². The van der Waals surface area contributed by atoms with E-state index in [1.165, 1.54) is 6.07 Å². The van der Waals surface area contributed by atoms with Gasteiger partial charge in [0, 0.05) is 23.7 Å². The predicted octanol–water partition coefficient (Wildman–Crippen LogP) is 4.76. The Bertz CT molecular complexity index is 937. The molecule has 1 aromatic carbocycles. The average molecular weight is 437 g/mol. The Morgan fingerprint density at radius 2 is 1.81 bits per heavy atom. The second kappa shape index (κ2) is 7.97. The van der Waals surface area contributed by atoms with Crippen LogP contribution in [0.4, 0.5) is 13.2 Å². The van der Waals surface area contributed by atoms with Crippen molar-refractivity contribution in [3.05, 3.63) is 53.3 Å². The van der Waals surface area contributed by atoms with Crippen LogP contribution in [0.5, 0.6) is 0 Å². The van der Waals surface area contributed by atoms with Crippen LogP contribution in [0.1, 0.15) is 76.7 Å². The molecule has 2 heterocycles. The van der Waals surface area contributed by atoms with Gasteiger partial charge in [0.2, 0.25) is 5.91 Å². The maximum Gasteiger partial charge on any atom is 0.416 e. The maximum absolute atomic E-state index is 13.3. The SMILES string of the molecule is CC(C)(C)NC(=O)[C@@H]1C[C@@H](c2ccn(C(C)(C)C)n2)[C@H](c2cccc(C(F)(F)F)c2)N1. The first-order chi connectivity index (χ1) is 14.1. The third-order valence-electron chi connectivity index (χ3n) is 5.34. The lowest BCUT2D eigenvalue weighted by Crippen LogP contribution is -2.48. The number of carbonyl (C=O) groups is 1. The Balaban J connectivity index is 1.97. The Morgan fingerprint density at radius 1 is 1.13 bits per heavy atom. The Morgan fingerprint density at radius 3 is 2.35 bits per heavy atom. The smallest absolute Gasteiger partial charge is 0.350 e. The van der Waals surface area contributed by atoms with E-state index in [-0.39, 0.29) is 17.4 Å². The Hall–Kier alpha value is -2.35. The fraction of sp³-hybridized carbons (Fsp3) is 0.565. The van der Waals surface area contributed by atoms with Gasteiger partial charge in [0.15, 0.2) is 0 Å². The van der Waals surface area contributed by atoms with E-state index < -0.39 is 29.4 Å². The predicted molar refractivity (Wildman–Crippen MR) is 114 cm³/mol. The normalized spacial score (nSPS) is 22.5. The Labute approximate surface area is 181 Å². The van der Waals surface area contributed by atoms with Crippen LogP contribution in [0.3, 0.4) is 0 Å². The second-order valence-electron chi connectivity index (χ2n) is 10.3. The van der Waals surface area contributed by atoms with Crippen LogP contribution in [0.15, 0.2) is 36.5 Å². The summed E-state index contributed by atoms with van der Waals surface area (Å²) in [4.78, 5) is 12.8. The lowest BCUT2D eigenvalue weighted by atomic mass is 9.90. The minimum Gasteiger partial charge on any atom is -0.350 e. The molecule has 3 rings (SSSR count). The van der Waals surface area contributed by atoms with E-state index >= 15 is 0 Å². The van der Waals surface area contributed by atoms with Crippen LogP contribution < -0.4 is 10.6 Å². The number of hydrogen-bond acceptors (Lipinski definition) is 3. The first-order valence-electron chi connectivity index (χ1n) is 10.5. The molecule has 8 heteroatoms. The zero-order chi connectivity index (χ0) is 23.2. The number of aromatic nitrogens is 2. The van der Waals surface area contributed by atoms with Crippen LogP contribution in [0.25, 0.3) is 0 Å². The summed E-state index contributed by atoms with van der Waals surface area (Å²) >= 11 is 0. The van der Waals surface area contributed by atoms with E-state index in [9.17, 15) is 18.0 Å². The Kier molecular flexibility index (Phi) is 5.99. The fourth-order valence-electron chi connectivity index (χ4n) is 3.87. The quantitative estimate of drug-likeness (QED) is 0.730. The molecular weight excluding hydrogens is 405 g/mol. The number of rotatable bonds is 3. The number of carbonyl (C=O) groups excluding carboxylic acids is 1. The van der Waals surface area contributed by atoms with Crippen molar-refractivity contribution in [3.63, 3.8) is 0 Å². The summed E-state index contributed by atoms with van der Waals surface area (Å²) in [5.74, 6) is -0.398. The van der Waals surface area contributed by atoms with Crippen LogP contribution in [-0.2, 0) is 16.5 Å². The highest BCUT2D eigenvalue weighted by atomic mass is 19.4. The molecule has 170 valence electrons. The molecular formula is C23H31F3N4O. The first-order valence-corrected chi connectivity index (χ1v) is 10.5. The van der Waals surface area contributed by atoms with Crippen molar-refractivity contribution in [2.75, 3.05) is 0 Å². The summed E-state index contributed by atoms with van der Waals surface area (Å²) in [7, 11) is 0. The molecule has 2 N–H and O–H groups in total. The van der Waals surface area contributed by atoms with E-state index in [2.05, 4.69) is 10.6 Å². The van der Waals surface area contributed by atoms with Gasteiger partial charge in [0.05, 0.1) is 22.8 Å². The minimum absolute atomic E-state index is 0.165. The van der Waals surface area contributed by atoms with Crippen LogP contribution in [0.2, 0.25) is 0 Å². The van der Waals surface area contributed by atoms with E-state index in [4.69, 9.17) is 5.10 Å². The zero-order valence-corrected chi connectivity index (χ0v) is 18.8. The lowest BCUT2D eigenvalue weighted by Gasteiger charge is -2.23. The van der Waals surface area contributed by atoms with Gasteiger partial charge in [-0.2, -0.15) is 18.3 Å². The van der Waals surface area contributed by atoms with Gasteiger partial charge in [-0.15, -0.1) is 0 Å². The van der Waals surface area contributed by atoms with E-state index in [0.29, 0.717) is 12.0 Å². The molecule has 1 fully saturated rings. The number of nitrogens with one attached hydrogen (secondary N) is 2. The second-order valence-corrected chi connectivity index (χ2v) is 10.3. The number of benzene rings is 1. The molecule has 1 aromatic heterocycles. The highest BCUT2D eigenvalue weighted by Crippen LogP contribution is 2.41. The summed E-state index contributed by atoms with van der Waals surface area (Å²) in [5, 5.41) is 10.9. The molecule has 0 bridgehead atoms. The van der Waals surface area contributed by atoms with Crippen LogP contribution >= 0.6 is 0 Å². The van der Waals surface area contributed by atoms with Gasteiger partial charge in [-0.25, -0.2) is 0 Å². The van der Waals surface area contributed by atoms with Gasteiger partial charge in [-0.1, -0.05) is 12.1 Å². The van der Waals surface area contributed by atoms with Crippen molar-refractivity contribution in [2.45, 2.75) is 83.2 Å². The minimum atomic E-state index is -4.43. The van der Waals surface area contributed by atoms with Crippen molar-refractivity contribution in [3.8, 4) is 0 Å². The van der Waals surface area contributed by atoms with Gasteiger partial charge in [-0.05, 0) is 71.7 Å². The molecule has 0 aliphatic carbocycles. The number of nitrogens with zero attached hydrogens (tertiary/aromatic N) is 2. The number of amides is 1. The molecule has 0 spiro atoms. The summed E-state index contributed by atoms with van der Waals surface area (Å²) in [6.45, 7) is 11.8. The van der Waals surface area contributed by atoms with Gasteiger partial charge in [0.25, 0.3) is 0 Å². The monoisotopic (exact) mass is 436 g/mol. The van der Waals surface area contributed by atoms with E-state index in [1.54, 1.807) is 6.07 Å². The molecule has 5 nitrogen and oxygen atoms in total. The van der Waals surface area contributed by atoms with Gasteiger partial charge >= 0.3 is 6.18 Å². The molecule has 31 heavy (non-hydrogen) atoms. The fourth-order valence-corrected chi connectivity index (χ4v) is 3.87. The van der Waals surface area contributed by atoms with Crippen LogP contribution in [0, 0.1) is 0 Å². The summed E-state index contributed by atoms with van der Waals surface area (Å²) in [6, 6.07) is 6.21. The summed E-state index contributed by atoms with van der Waals surface area (Å²) in [6.07, 6.45) is -2.11. The summed E-state index contributed by atoms with van der Waals surface area (Å²) < 4.78 is 41.7. The van der Waals surface area contributed by atoms with Crippen LogP contribution in [-0.4, -0.2) is 27.3 Å². The van der Waals surface area contributed by atoms with Crippen molar-refractivity contribution in [1.82, 2.24) is 20.4 Å². The van der Waals surface area contributed by atoms with Crippen molar-refractivity contribution in [1.29, 1.82) is 0 Å². The highest BCUT2D eigenvalue weighted by Gasteiger charge is 2.41. The molecule has 0 saturated carbocycles. The molecule has 0 unspecified atom stereocenters. The summed E-state index contributed by atoms with van der Waals surface area (Å²) in [5.41, 5.74) is -0.0736. The van der Waals surface area contributed by atoms with Crippen molar-refractivity contribution >= 4 is 5.91 Å². The molecule has 1 amide bonds. The zero-order valence-electron chi connectivity index (χ0n) is 18.8. The van der Waals surface area contributed by atoms with Gasteiger partial charge in [-0.3, -0.25) is 14.8 Å². The molecule has 1 aliphatic rings. The number of hydrogen-bond donors (Lipinski definition) is 2. The number of alkyl halides is 3.